The SMILES string of the molecule is CCNC(=O)[C@@H]1CCCN1c1cnc(C)c(C(=N)OC(=N)c2ccc(CNC)cc2)n1. The summed E-state index contributed by atoms with van der Waals surface area (Å²) in [5.41, 5.74) is 2.45. The first-order valence-electron chi connectivity index (χ1n) is 10.4. The fourth-order valence-corrected chi connectivity index (χ4v) is 3.59. The normalized spacial score (nSPS) is 15.6. The minimum absolute atomic E-state index is 0.0289. The molecule has 1 atom stereocenters. The molecule has 0 saturated carbocycles. The lowest BCUT2D eigenvalue weighted by Crippen LogP contribution is -2.43. The number of carbonyl (C=O) groups excluding carboxylic acids is 1. The summed E-state index contributed by atoms with van der Waals surface area (Å²) in [6, 6.07) is 7.10. The van der Waals surface area contributed by atoms with E-state index in [0.717, 1.165) is 24.9 Å². The molecule has 0 aliphatic carbocycles. The highest BCUT2D eigenvalue weighted by molar-refractivity contribution is 6.04. The van der Waals surface area contributed by atoms with E-state index in [1.54, 1.807) is 25.3 Å². The van der Waals surface area contributed by atoms with E-state index in [4.69, 9.17) is 15.6 Å². The average Bonchev–Trinajstić information content (AvgIpc) is 3.25. The number of nitrogens with one attached hydrogen (secondary N) is 4. The standard InChI is InChI=1S/C22H29N7O2/c1-4-26-22(30)17-6-5-11-29(17)18-13-27-14(2)19(28-18)21(24)31-20(23)16-9-7-15(8-10-16)12-25-3/h7-10,13,17,23-25H,4-6,11-12H2,1-3H3,(H,26,30)/t17-/m0/s1. The van der Waals surface area contributed by atoms with Crippen LogP contribution in [-0.4, -0.2) is 53.8 Å². The van der Waals surface area contributed by atoms with Crippen molar-refractivity contribution in [2.45, 2.75) is 39.3 Å². The Bertz CT molecular complexity index is 959. The molecule has 164 valence electrons. The molecule has 0 bridgehead atoms. The maximum atomic E-state index is 12.4. The molecule has 1 amide bonds. The van der Waals surface area contributed by atoms with Crippen molar-refractivity contribution in [3.8, 4) is 0 Å². The second-order valence-electron chi connectivity index (χ2n) is 7.40. The molecular weight excluding hydrogens is 394 g/mol. The number of aryl methyl sites for hydroxylation is 1. The van der Waals surface area contributed by atoms with Gasteiger partial charge in [0.1, 0.15) is 17.6 Å². The predicted octanol–water partition coefficient (Wildman–Crippen LogP) is 1.98. The number of likely N-dealkylation sites (N-methyl/N-ethyl adjacent to an activating group) is 1. The number of amides is 1. The molecule has 0 radical (unpaired) electrons. The van der Waals surface area contributed by atoms with Gasteiger partial charge in [0.15, 0.2) is 0 Å². The monoisotopic (exact) mass is 423 g/mol. The second-order valence-corrected chi connectivity index (χ2v) is 7.40. The Morgan fingerprint density at radius 3 is 2.68 bits per heavy atom. The van der Waals surface area contributed by atoms with Gasteiger partial charge in [0.2, 0.25) is 17.7 Å². The zero-order valence-electron chi connectivity index (χ0n) is 18.2. The number of nitrogens with zero attached hydrogens (tertiary/aromatic N) is 3. The molecule has 0 spiro atoms. The van der Waals surface area contributed by atoms with E-state index in [2.05, 4.69) is 20.6 Å². The Balaban J connectivity index is 1.75. The molecule has 1 fully saturated rings. The summed E-state index contributed by atoms with van der Waals surface area (Å²) in [5.74, 6) is 0.128. The fourth-order valence-electron chi connectivity index (χ4n) is 3.59. The lowest BCUT2D eigenvalue weighted by atomic mass is 10.1. The summed E-state index contributed by atoms with van der Waals surface area (Å²) in [4.78, 5) is 23.2. The summed E-state index contributed by atoms with van der Waals surface area (Å²) in [5, 5.41) is 22.5. The van der Waals surface area contributed by atoms with Gasteiger partial charge in [-0.15, -0.1) is 0 Å². The Labute approximate surface area is 182 Å². The highest BCUT2D eigenvalue weighted by Crippen LogP contribution is 2.24. The Morgan fingerprint density at radius 1 is 1.26 bits per heavy atom. The second kappa shape index (κ2) is 10.1. The van der Waals surface area contributed by atoms with E-state index < -0.39 is 0 Å². The van der Waals surface area contributed by atoms with Gasteiger partial charge in [-0.25, -0.2) is 4.98 Å². The fraction of sp³-hybridized carbons (Fsp3) is 0.409. The van der Waals surface area contributed by atoms with Crippen LogP contribution in [0.5, 0.6) is 0 Å². The van der Waals surface area contributed by atoms with Crippen LogP contribution in [0.2, 0.25) is 0 Å². The van der Waals surface area contributed by atoms with Crippen molar-refractivity contribution >= 4 is 23.5 Å². The van der Waals surface area contributed by atoms with Crippen LogP contribution >= 0.6 is 0 Å². The number of anilines is 1. The highest BCUT2D eigenvalue weighted by atomic mass is 16.5. The molecule has 0 unspecified atom stereocenters. The number of benzene rings is 1. The molecule has 9 nitrogen and oxygen atoms in total. The van der Waals surface area contributed by atoms with Gasteiger partial charge in [-0.3, -0.25) is 20.6 Å². The zero-order chi connectivity index (χ0) is 22.4. The van der Waals surface area contributed by atoms with Gasteiger partial charge in [0.25, 0.3) is 0 Å². The summed E-state index contributed by atoms with van der Waals surface area (Å²) in [6.07, 6.45) is 3.25. The molecular formula is C22H29N7O2. The first-order valence-corrected chi connectivity index (χ1v) is 10.4. The predicted molar refractivity (Wildman–Crippen MR) is 120 cm³/mol. The molecule has 2 heterocycles. The Morgan fingerprint density at radius 2 is 2.00 bits per heavy atom. The zero-order valence-corrected chi connectivity index (χ0v) is 18.2. The first-order chi connectivity index (χ1) is 14.9. The highest BCUT2D eigenvalue weighted by Gasteiger charge is 2.32. The maximum absolute atomic E-state index is 12.4. The van der Waals surface area contributed by atoms with Crippen LogP contribution in [0.1, 0.15) is 42.3 Å². The van der Waals surface area contributed by atoms with E-state index in [-0.39, 0.29) is 29.4 Å². The number of hydrogen-bond acceptors (Lipinski definition) is 8. The van der Waals surface area contributed by atoms with Crippen LogP contribution in [0.15, 0.2) is 30.5 Å². The lowest BCUT2D eigenvalue weighted by molar-refractivity contribution is -0.122. The van der Waals surface area contributed by atoms with E-state index in [9.17, 15) is 4.79 Å². The molecule has 1 aliphatic heterocycles. The largest absolute Gasteiger partial charge is 0.419 e. The lowest BCUT2D eigenvalue weighted by Gasteiger charge is -2.25. The topological polar surface area (TPSA) is 127 Å². The van der Waals surface area contributed by atoms with Crippen LogP contribution < -0.4 is 15.5 Å². The van der Waals surface area contributed by atoms with Gasteiger partial charge in [-0.05, 0) is 51.4 Å². The van der Waals surface area contributed by atoms with Gasteiger partial charge >= 0.3 is 0 Å². The average molecular weight is 424 g/mol. The third-order valence-corrected chi connectivity index (χ3v) is 5.16. The molecule has 1 aromatic heterocycles. The van der Waals surface area contributed by atoms with Crippen molar-refractivity contribution in [2.24, 2.45) is 0 Å². The number of hydrogen-bond donors (Lipinski definition) is 4. The smallest absolute Gasteiger partial charge is 0.242 e. The van der Waals surface area contributed by atoms with Gasteiger partial charge < -0.3 is 20.3 Å². The molecule has 31 heavy (non-hydrogen) atoms. The van der Waals surface area contributed by atoms with Crippen molar-refractivity contribution < 1.29 is 9.53 Å². The van der Waals surface area contributed by atoms with Gasteiger partial charge in [-0.1, -0.05) is 12.1 Å². The number of carbonyl (C=O) groups is 1. The minimum Gasteiger partial charge on any atom is -0.419 e. The van der Waals surface area contributed by atoms with Crippen LogP contribution in [-0.2, 0) is 16.1 Å². The van der Waals surface area contributed by atoms with E-state index >= 15 is 0 Å². The summed E-state index contributed by atoms with van der Waals surface area (Å²) in [7, 11) is 1.87. The van der Waals surface area contributed by atoms with E-state index in [1.807, 2.05) is 31.0 Å². The summed E-state index contributed by atoms with van der Waals surface area (Å²) >= 11 is 0. The number of aromatic nitrogens is 2. The summed E-state index contributed by atoms with van der Waals surface area (Å²) in [6.45, 7) is 5.64. The van der Waals surface area contributed by atoms with Crippen molar-refractivity contribution in [1.82, 2.24) is 20.6 Å². The molecule has 1 aliphatic rings. The Hall–Kier alpha value is -3.33. The Kier molecular flexibility index (Phi) is 7.30. The van der Waals surface area contributed by atoms with Crippen molar-refractivity contribution in [3.05, 3.63) is 53.0 Å². The van der Waals surface area contributed by atoms with Crippen LogP contribution in [0.4, 0.5) is 5.82 Å². The maximum Gasteiger partial charge on any atom is 0.242 e. The van der Waals surface area contributed by atoms with Gasteiger partial charge in [0.05, 0.1) is 11.9 Å². The van der Waals surface area contributed by atoms with Crippen molar-refractivity contribution in [3.63, 3.8) is 0 Å². The molecule has 9 heteroatoms. The molecule has 4 N–H and O–H groups in total. The van der Waals surface area contributed by atoms with Crippen molar-refractivity contribution in [1.29, 1.82) is 10.8 Å². The van der Waals surface area contributed by atoms with Crippen LogP contribution in [0, 0.1) is 17.7 Å². The third kappa shape index (κ3) is 5.24. The van der Waals surface area contributed by atoms with Crippen LogP contribution in [0.3, 0.4) is 0 Å². The van der Waals surface area contributed by atoms with E-state index in [1.165, 1.54) is 0 Å². The van der Waals surface area contributed by atoms with Gasteiger partial charge in [0, 0.05) is 25.2 Å². The molecule has 3 rings (SSSR count). The van der Waals surface area contributed by atoms with Crippen LogP contribution in [0.25, 0.3) is 0 Å². The minimum atomic E-state index is -0.297. The van der Waals surface area contributed by atoms with E-state index in [0.29, 0.717) is 30.2 Å². The summed E-state index contributed by atoms with van der Waals surface area (Å²) < 4.78 is 5.48. The van der Waals surface area contributed by atoms with Crippen molar-refractivity contribution in [2.75, 3.05) is 25.0 Å². The quantitative estimate of drug-likeness (QED) is 0.398. The van der Waals surface area contributed by atoms with Gasteiger partial charge in [-0.2, -0.15) is 0 Å². The molecule has 1 aromatic carbocycles. The molecule has 1 saturated heterocycles. The number of ether oxygens (including phenoxy) is 1. The third-order valence-electron chi connectivity index (χ3n) is 5.16. The molecule has 2 aromatic rings. The number of rotatable bonds is 7. The first kappa shape index (κ1) is 22.4.